The summed E-state index contributed by atoms with van der Waals surface area (Å²) < 4.78 is 27.0. The van der Waals surface area contributed by atoms with Crippen LogP contribution in [0.15, 0.2) is 18.2 Å². The summed E-state index contributed by atoms with van der Waals surface area (Å²) in [7, 11) is 4.09. The number of carbonyl (C=O) groups excluding carboxylic acids is 1. The van der Waals surface area contributed by atoms with E-state index < -0.39 is 11.6 Å². The molecular weight excluding hydrogens is 324 g/mol. The highest BCUT2D eigenvalue weighted by molar-refractivity contribution is 5.80. The standard InChI is InChI=1S/C19H27F2N3O/c1-23(2)18-12-24(11-15-5-6-16(20)9-17(15)21)8-7-14(18)10-22-19(25)13-3-4-13/h5-6,9,13-14,18H,3-4,7-8,10-12H2,1-2H3,(H,22,25)/t14-,18-/m1/s1. The van der Waals surface area contributed by atoms with Gasteiger partial charge in [0, 0.05) is 43.2 Å². The number of likely N-dealkylation sites (tertiary alicyclic amines) is 1. The molecule has 2 fully saturated rings. The van der Waals surface area contributed by atoms with Gasteiger partial charge in [0.05, 0.1) is 0 Å². The van der Waals surface area contributed by atoms with E-state index in [1.165, 1.54) is 12.1 Å². The summed E-state index contributed by atoms with van der Waals surface area (Å²) >= 11 is 0. The van der Waals surface area contributed by atoms with Crippen LogP contribution >= 0.6 is 0 Å². The molecule has 1 heterocycles. The Morgan fingerprint density at radius 3 is 2.68 bits per heavy atom. The molecule has 25 heavy (non-hydrogen) atoms. The number of carbonyl (C=O) groups is 1. The second-order valence-corrected chi connectivity index (χ2v) is 7.57. The van der Waals surface area contributed by atoms with Crippen molar-refractivity contribution in [1.82, 2.24) is 15.1 Å². The van der Waals surface area contributed by atoms with Crippen LogP contribution in [-0.4, -0.2) is 55.5 Å². The van der Waals surface area contributed by atoms with Crippen LogP contribution in [0.2, 0.25) is 0 Å². The molecule has 1 saturated heterocycles. The number of rotatable bonds is 6. The van der Waals surface area contributed by atoms with Crippen molar-refractivity contribution in [2.24, 2.45) is 11.8 Å². The SMILES string of the molecule is CN(C)[C@@H]1CN(Cc2ccc(F)cc2F)CC[C@@H]1CNC(=O)C1CC1. The fourth-order valence-electron chi connectivity index (χ4n) is 3.62. The number of hydrogen-bond acceptors (Lipinski definition) is 3. The minimum Gasteiger partial charge on any atom is -0.356 e. The monoisotopic (exact) mass is 351 g/mol. The van der Waals surface area contributed by atoms with Gasteiger partial charge in [-0.1, -0.05) is 6.07 Å². The maximum atomic E-state index is 13.9. The van der Waals surface area contributed by atoms with Gasteiger partial charge in [0.2, 0.25) is 5.91 Å². The lowest BCUT2D eigenvalue weighted by molar-refractivity contribution is -0.122. The molecule has 0 aromatic heterocycles. The number of halogens is 2. The molecule has 0 unspecified atom stereocenters. The molecule has 3 rings (SSSR count). The maximum absolute atomic E-state index is 13.9. The maximum Gasteiger partial charge on any atom is 0.223 e. The highest BCUT2D eigenvalue weighted by atomic mass is 19.1. The first-order valence-electron chi connectivity index (χ1n) is 9.04. The second-order valence-electron chi connectivity index (χ2n) is 7.57. The van der Waals surface area contributed by atoms with Gasteiger partial charge in [-0.25, -0.2) is 8.78 Å². The first-order chi connectivity index (χ1) is 11.9. The fourth-order valence-corrected chi connectivity index (χ4v) is 3.62. The van der Waals surface area contributed by atoms with Crippen molar-refractivity contribution in [1.29, 1.82) is 0 Å². The molecule has 1 saturated carbocycles. The predicted octanol–water partition coefficient (Wildman–Crippen LogP) is 2.24. The van der Waals surface area contributed by atoms with Gasteiger partial charge in [0.15, 0.2) is 0 Å². The largest absolute Gasteiger partial charge is 0.356 e. The third-order valence-electron chi connectivity index (χ3n) is 5.36. The molecule has 1 aliphatic heterocycles. The molecule has 1 amide bonds. The third-order valence-corrected chi connectivity index (χ3v) is 5.36. The van der Waals surface area contributed by atoms with E-state index in [4.69, 9.17) is 0 Å². The Kier molecular flexibility index (Phi) is 5.69. The molecule has 1 aromatic carbocycles. The topological polar surface area (TPSA) is 35.6 Å². The van der Waals surface area contributed by atoms with Crippen LogP contribution in [0.3, 0.4) is 0 Å². The lowest BCUT2D eigenvalue weighted by Crippen LogP contribution is -2.53. The molecule has 1 aliphatic carbocycles. The zero-order valence-electron chi connectivity index (χ0n) is 15.0. The van der Waals surface area contributed by atoms with E-state index in [-0.39, 0.29) is 11.8 Å². The number of nitrogens with one attached hydrogen (secondary N) is 1. The highest BCUT2D eigenvalue weighted by Crippen LogP contribution is 2.29. The van der Waals surface area contributed by atoms with E-state index in [9.17, 15) is 13.6 Å². The molecule has 138 valence electrons. The van der Waals surface area contributed by atoms with E-state index in [0.717, 1.165) is 38.4 Å². The molecule has 0 bridgehead atoms. The van der Waals surface area contributed by atoms with E-state index in [1.54, 1.807) is 0 Å². The second kappa shape index (κ2) is 7.79. The summed E-state index contributed by atoms with van der Waals surface area (Å²) in [6.07, 6.45) is 2.99. The van der Waals surface area contributed by atoms with Crippen molar-refractivity contribution < 1.29 is 13.6 Å². The number of hydrogen-bond donors (Lipinski definition) is 1. The molecule has 4 nitrogen and oxygen atoms in total. The van der Waals surface area contributed by atoms with Gasteiger partial charge >= 0.3 is 0 Å². The van der Waals surface area contributed by atoms with Crippen molar-refractivity contribution in [2.75, 3.05) is 33.7 Å². The summed E-state index contributed by atoms with van der Waals surface area (Å²) in [5.74, 6) is -0.211. The van der Waals surface area contributed by atoms with Crippen molar-refractivity contribution >= 4 is 5.91 Å². The summed E-state index contributed by atoms with van der Waals surface area (Å²) in [5.41, 5.74) is 0.527. The van der Waals surface area contributed by atoms with Gasteiger partial charge in [0.25, 0.3) is 0 Å². The molecule has 6 heteroatoms. The Morgan fingerprint density at radius 1 is 1.28 bits per heavy atom. The number of benzene rings is 1. The molecule has 1 N–H and O–H groups in total. The first-order valence-corrected chi connectivity index (χ1v) is 9.04. The molecule has 0 spiro atoms. The quantitative estimate of drug-likeness (QED) is 0.854. The van der Waals surface area contributed by atoms with Gasteiger partial charge in [0.1, 0.15) is 11.6 Å². The Bertz CT molecular complexity index is 619. The summed E-state index contributed by atoms with van der Waals surface area (Å²) in [6.45, 7) is 2.85. The van der Waals surface area contributed by atoms with Crippen molar-refractivity contribution in [2.45, 2.75) is 31.8 Å². The molecule has 2 aliphatic rings. The van der Waals surface area contributed by atoms with Crippen LogP contribution in [0.4, 0.5) is 8.78 Å². The van der Waals surface area contributed by atoms with Gasteiger partial charge < -0.3 is 10.2 Å². The summed E-state index contributed by atoms with van der Waals surface area (Å²) in [5, 5.41) is 3.09. The molecular formula is C19H27F2N3O. The van der Waals surface area contributed by atoms with E-state index in [1.807, 2.05) is 14.1 Å². The molecule has 1 aromatic rings. The fraction of sp³-hybridized carbons (Fsp3) is 0.632. The third kappa shape index (κ3) is 4.76. The minimum absolute atomic E-state index is 0.188. The lowest BCUT2D eigenvalue weighted by atomic mass is 9.90. The van der Waals surface area contributed by atoms with Crippen LogP contribution in [0.1, 0.15) is 24.8 Å². The summed E-state index contributed by atoms with van der Waals surface area (Å²) in [6, 6.07) is 4.08. The van der Waals surface area contributed by atoms with Crippen LogP contribution in [0.25, 0.3) is 0 Å². The number of likely N-dealkylation sites (N-methyl/N-ethyl adjacent to an activating group) is 1. The lowest BCUT2D eigenvalue weighted by Gasteiger charge is -2.42. The highest BCUT2D eigenvalue weighted by Gasteiger charge is 2.33. The Balaban J connectivity index is 1.57. The Morgan fingerprint density at radius 2 is 2.04 bits per heavy atom. The van der Waals surface area contributed by atoms with Gasteiger partial charge in [-0.15, -0.1) is 0 Å². The van der Waals surface area contributed by atoms with Gasteiger partial charge in [-0.3, -0.25) is 9.69 Å². The van der Waals surface area contributed by atoms with E-state index in [0.29, 0.717) is 30.6 Å². The predicted molar refractivity (Wildman–Crippen MR) is 93.0 cm³/mol. The van der Waals surface area contributed by atoms with Crippen LogP contribution in [-0.2, 0) is 11.3 Å². The van der Waals surface area contributed by atoms with Crippen molar-refractivity contribution in [3.05, 3.63) is 35.4 Å². The Labute approximate surface area is 148 Å². The zero-order chi connectivity index (χ0) is 18.0. The van der Waals surface area contributed by atoms with E-state index >= 15 is 0 Å². The van der Waals surface area contributed by atoms with Crippen molar-refractivity contribution in [3.8, 4) is 0 Å². The smallest absolute Gasteiger partial charge is 0.223 e. The van der Waals surface area contributed by atoms with E-state index in [2.05, 4.69) is 15.1 Å². The number of piperidine rings is 1. The van der Waals surface area contributed by atoms with Gasteiger partial charge in [-0.05, 0) is 51.9 Å². The summed E-state index contributed by atoms with van der Waals surface area (Å²) in [4.78, 5) is 16.3. The number of nitrogens with zero attached hydrogens (tertiary/aromatic N) is 2. The zero-order valence-corrected chi connectivity index (χ0v) is 15.0. The average Bonchev–Trinajstić information content (AvgIpc) is 3.40. The van der Waals surface area contributed by atoms with Crippen molar-refractivity contribution in [3.63, 3.8) is 0 Å². The first kappa shape index (κ1) is 18.3. The molecule has 2 atom stereocenters. The minimum atomic E-state index is -0.544. The van der Waals surface area contributed by atoms with Crippen LogP contribution in [0.5, 0.6) is 0 Å². The number of amides is 1. The van der Waals surface area contributed by atoms with Gasteiger partial charge in [-0.2, -0.15) is 0 Å². The Hall–Kier alpha value is -1.53. The normalized spacial score (nSPS) is 24.5. The van der Waals surface area contributed by atoms with Crippen LogP contribution in [0, 0.1) is 23.5 Å². The average molecular weight is 351 g/mol. The molecule has 0 radical (unpaired) electrons. The van der Waals surface area contributed by atoms with Crippen LogP contribution < -0.4 is 5.32 Å².